The molecule has 0 aromatic heterocycles. The average Bonchev–Trinajstić information content (AvgIpc) is 3.14. The lowest BCUT2D eigenvalue weighted by Gasteiger charge is -2.55. The Hall–Kier alpha value is -5.16. The number of phenolic OH excluding ortho intramolecular Hbond substituents is 1. The number of nitrogens with zero attached hydrogens (tertiary/aromatic N) is 3. The van der Waals surface area contributed by atoms with Gasteiger partial charge in [0, 0.05) is 37.8 Å². The Morgan fingerprint density at radius 1 is 0.949 bits per heavy atom. The molecule has 5 fully saturated rings. The fraction of sp³-hybridized carbons (Fsp3) is 0.619. The van der Waals surface area contributed by atoms with Crippen LogP contribution in [-0.2, 0) is 39.9 Å². The molecule has 8 rings (SSSR count). The van der Waals surface area contributed by atoms with E-state index in [0.29, 0.717) is 41.8 Å². The summed E-state index contributed by atoms with van der Waals surface area (Å²) < 4.78 is 10.9. The van der Waals surface area contributed by atoms with Crippen LogP contribution >= 0.6 is 0 Å². The van der Waals surface area contributed by atoms with Gasteiger partial charge >= 0.3 is 12.1 Å². The zero-order chi connectivity index (χ0) is 42.9. The number of nitrogens with one attached hydrogen (secondary N) is 1. The third-order valence-corrected chi connectivity index (χ3v) is 13.7. The SMILES string of the molecule is CCCCN(CC(=O)Nc1cc(N(C)C)c2c(c1O)C(O)=C1C(=O)[C@]3(O)C(O)=C(C(N)=O)C(=O)[C@@H](N(C)C)[C@@H]3C[C@@H]1C2)C(=O)OCOC(=O)C12CC3CC(CC(C3)C1)C2. The maximum atomic E-state index is 14.3. The summed E-state index contributed by atoms with van der Waals surface area (Å²) in [6, 6.07) is 0.270. The van der Waals surface area contributed by atoms with Gasteiger partial charge < -0.3 is 45.9 Å². The predicted molar refractivity (Wildman–Crippen MR) is 212 cm³/mol. The molecule has 3 amide bonds. The molecule has 17 nitrogen and oxygen atoms in total. The zero-order valence-corrected chi connectivity index (χ0v) is 34.2. The van der Waals surface area contributed by atoms with E-state index < -0.39 is 94.5 Å². The smallest absolute Gasteiger partial charge is 0.413 e. The van der Waals surface area contributed by atoms with Crippen LogP contribution in [0.25, 0.3) is 5.76 Å². The van der Waals surface area contributed by atoms with Crippen molar-refractivity contribution in [2.45, 2.75) is 82.8 Å². The molecule has 5 saturated carbocycles. The second-order valence-electron chi connectivity index (χ2n) is 18.0. The minimum Gasteiger partial charge on any atom is -0.508 e. The molecule has 0 saturated heterocycles. The first-order chi connectivity index (χ1) is 27.8. The Labute approximate surface area is 342 Å². The number of amides is 3. The standard InChI is InChI=1S/C42H55N5O12/c1-6-7-8-47(40(56)59-19-58-39(55)41-15-20-9-21(16-41)11-22(10-20)17-41)18-28(48)44-26-14-27(45(2)3)24-12-23-13-25-32(46(4)5)35(51)31(38(43)54)37(53)42(25,57)36(52)29(23)34(50)30(24)33(26)49/h14,20-23,25,32,49-50,53,57H,6-13,15-19H2,1-5H3,(H2,43,54)(H,44,48)/t20?,21?,22?,23-,25-,32-,41?,42-/m0/s1. The number of hydrogen-bond donors (Lipinski definition) is 6. The van der Waals surface area contributed by atoms with Crippen molar-refractivity contribution in [1.29, 1.82) is 0 Å². The molecule has 7 aliphatic carbocycles. The van der Waals surface area contributed by atoms with Crippen LogP contribution < -0.4 is 16.0 Å². The minimum atomic E-state index is -2.81. The molecule has 7 N–H and O–H groups in total. The van der Waals surface area contributed by atoms with Crippen molar-refractivity contribution in [3.63, 3.8) is 0 Å². The number of benzene rings is 1. The Balaban J connectivity index is 1.11. The van der Waals surface area contributed by atoms with Crippen LogP contribution in [0, 0.1) is 35.0 Å². The van der Waals surface area contributed by atoms with Gasteiger partial charge in [0.05, 0.1) is 22.7 Å². The van der Waals surface area contributed by atoms with E-state index in [1.807, 2.05) is 6.92 Å². The van der Waals surface area contributed by atoms with E-state index in [1.54, 1.807) is 19.0 Å². The van der Waals surface area contributed by atoms with Gasteiger partial charge in [0.2, 0.25) is 18.5 Å². The lowest BCUT2D eigenvalue weighted by Crippen LogP contribution is -2.65. The minimum absolute atomic E-state index is 0.0495. The molecule has 7 aliphatic rings. The monoisotopic (exact) mass is 821 g/mol. The van der Waals surface area contributed by atoms with Crippen LogP contribution in [0.15, 0.2) is 23.0 Å². The quantitative estimate of drug-likeness (QED) is 0.0768. The number of carbonyl (C=O) groups is 6. The first-order valence-corrected chi connectivity index (χ1v) is 20.4. The van der Waals surface area contributed by atoms with Gasteiger partial charge in [0.25, 0.3) is 5.91 Å². The number of primary amides is 1. The normalized spacial score (nSPS) is 30.4. The molecule has 1 aromatic carbocycles. The molecule has 4 atom stereocenters. The van der Waals surface area contributed by atoms with Crippen LogP contribution in [0.3, 0.4) is 0 Å². The van der Waals surface area contributed by atoms with E-state index in [1.165, 1.54) is 25.1 Å². The molecular weight excluding hydrogens is 766 g/mol. The van der Waals surface area contributed by atoms with Gasteiger partial charge in [-0.25, -0.2) is 4.79 Å². The van der Waals surface area contributed by atoms with Crippen molar-refractivity contribution in [2.75, 3.05) is 58.3 Å². The summed E-state index contributed by atoms with van der Waals surface area (Å²) in [5.74, 6) is -7.36. The number of anilines is 2. The van der Waals surface area contributed by atoms with E-state index in [-0.39, 0.29) is 42.2 Å². The number of Topliss-reactive ketones (excluding diaryl/α,β-unsaturated/α-hetero) is 2. The number of fused-ring (bicyclic) bond motifs is 3. The van der Waals surface area contributed by atoms with Crippen molar-refractivity contribution < 1.29 is 58.7 Å². The van der Waals surface area contributed by atoms with Gasteiger partial charge in [0.1, 0.15) is 29.4 Å². The fourth-order valence-corrected chi connectivity index (χ4v) is 11.5. The average molecular weight is 822 g/mol. The number of ketones is 2. The predicted octanol–water partition coefficient (Wildman–Crippen LogP) is 2.92. The van der Waals surface area contributed by atoms with Gasteiger partial charge in [-0.3, -0.25) is 33.8 Å². The summed E-state index contributed by atoms with van der Waals surface area (Å²) >= 11 is 0. The molecule has 1 aromatic rings. The number of unbranched alkanes of at least 4 members (excludes halogenated alkanes) is 1. The summed E-state index contributed by atoms with van der Waals surface area (Å²) in [5, 5.41) is 49.2. The number of esters is 1. The van der Waals surface area contributed by atoms with Crippen LogP contribution in [0.2, 0.25) is 0 Å². The number of aromatic hydroxyl groups is 1. The Morgan fingerprint density at radius 3 is 2.14 bits per heavy atom. The third-order valence-electron chi connectivity index (χ3n) is 13.7. The number of phenols is 1. The maximum Gasteiger partial charge on any atom is 0.413 e. The van der Waals surface area contributed by atoms with Crippen LogP contribution in [-0.4, -0.2) is 125 Å². The third kappa shape index (κ3) is 6.98. The molecule has 17 heteroatoms. The van der Waals surface area contributed by atoms with Crippen molar-refractivity contribution in [3.05, 3.63) is 34.1 Å². The Morgan fingerprint density at radius 2 is 1.58 bits per heavy atom. The second-order valence-corrected chi connectivity index (χ2v) is 18.0. The second kappa shape index (κ2) is 15.5. The summed E-state index contributed by atoms with van der Waals surface area (Å²) in [5.41, 5.74) is 1.35. The highest BCUT2D eigenvalue weighted by molar-refractivity contribution is 6.24. The number of hydrogen-bond acceptors (Lipinski definition) is 14. The molecule has 0 aliphatic heterocycles. The van der Waals surface area contributed by atoms with Gasteiger partial charge in [0.15, 0.2) is 11.4 Å². The van der Waals surface area contributed by atoms with E-state index in [0.717, 1.165) is 43.4 Å². The van der Waals surface area contributed by atoms with E-state index >= 15 is 0 Å². The maximum absolute atomic E-state index is 14.3. The van der Waals surface area contributed by atoms with Crippen LogP contribution in [0.1, 0.15) is 75.8 Å². The van der Waals surface area contributed by atoms with Gasteiger partial charge in [-0.05, 0) is 107 Å². The molecular formula is C42H55N5O12. The largest absolute Gasteiger partial charge is 0.508 e. The van der Waals surface area contributed by atoms with Gasteiger partial charge in [-0.15, -0.1) is 0 Å². The van der Waals surface area contributed by atoms with Crippen molar-refractivity contribution in [2.24, 2.45) is 40.7 Å². The molecule has 320 valence electrons. The molecule has 4 bridgehead atoms. The first kappa shape index (κ1) is 42.0. The number of aliphatic hydroxyl groups excluding tert-OH is 2. The summed E-state index contributed by atoms with van der Waals surface area (Å²) in [6.45, 7) is 0.963. The Kier molecular flexibility index (Phi) is 11.0. The number of aliphatic hydroxyl groups is 3. The van der Waals surface area contributed by atoms with Gasteiger partial charge in [-0.2, -0.15) is 0 Å². The van der Waals surface area contributed by atoms with Crippen LogP contribution in [0.5, 0.6) is 5.75 Å². The van der Waals surface area contributed by atoms with Gasteiger partial charge in [-0.1, -0.05) is 13.3 Å². The molecule has 0 radical (unpaired) electrons. The van der Waals surface area contributed by atoms with E-state index in [4.69, 9.17) is 15.2 Å². The van der Waals surface area contributed by atoms with Crippen molar-refractivity contribution in [3.8, 4) is 5.75 Å². The van der Waals surface area contributed by atoms with Crippen LogP contribution in [0.4, 0.5) is 16.2 Å². The highest BCUT2D eigenvalue weighted by Gasteiger charge is 2.64. The lowest BCUT2D eigenvalue weighted by atomic mass is 9.49. The number of nitrogens with two attached hydrogens (primary N) is 1. The first-order valence-electron chi connectivity index (χ1n) is 20.4. The number of carbonyl (C=O) groups excluding carboxylic acids is 6. The molecule has 0 spiro atoms. The number of rotatable bonds is 12. The number of likely N-dealkylation sites (N-methyl/N-ethyl adjacent to an activating group) is 1. The summed E-state index contributed by atoms with van der Waals surface area (Å²) in [4.78, 5) is 84.5. The summed E-state index contributed by atoms with van der Waals surface area (Å²) in [6.07, 6.45) is 6.19. The highest BCUT2D eigenvalue weighted by Crippen LogP contribution is 2.60. The summed E-state index contributed by atoms with van der Waals surface area (Å²) in [7, 11) is 6.46. The fourth-order valence-electron chi connectivity index (χ4n) is 11.5. The molecule has 59 heavy (non-hydrogen) atoms. The zero-order valence-electron chi connectivity index (χ0n) is 34.2. The van der Waals surface area contributed by atoms with Crippen molar-refractivity contribution >= 4 is 52.6 Å². The van der Waals surface area contributed by atoms with E-state index in [2.05, 4.69) is 5.32 Å². The Bertz CT molecular complexity index is 2020. The highest BCUT2D eigenvalue weighted by atomic mass is 16.7. The van der Waals surface area contributed by atoms with E-state index in [9.17, 15) is 49.2 Å². The van der Waals surface area contributed by atoms with Crippen molar-refractivity contribution in [1.82, 2.24) is 9.80 Å². The molecule has 0 heterocycles. The lowest BCUT2D eigenvalue weighted by molar-refractivity contribution is -0.180. The molecule has 0 unspecified atom stereocenters. The number of ether oxygens (including phenoxy) is 2. The topological polar surface area (TPSA) is 250 Å².